The first-order chi connectivity index (χ1) is 14.6. The number of thioether (sulfide) groups is 1. The largest absolute Gasteiger partial charge is 0.493 e. The highest BCUT2D eigenvalue weighted by Gasteiger charge is 2.35. The molecule has 0 radical (unpaired) electrons. The second-order valence-electron chi connectivity index (χ2n) is 6.46. The molecule has 30 heavy (non-hydrogen) atoms. The van der Waals surface area contributed by atoms with Gasteiger partial charge in [-0.2, -0.15) is 0 Å². The molecule has 0 spiro atoms. The van der Waals surface area contributed by atoms with Crippen molar-refractivity contribution in [2.75, 3.05) is 27.1 Å². The van der Waals surface area contributed by atoms with E-state index in [0.29, 0.717) is 28.1 Å². The number of nitrogens with zero attached hydrogens (tertiary/aromatic N) is 3. The summed E-state index contributed by atoms with van der Waals surface area (Å²) in [5.74, 6) is 2.09. The van der Waals surface area contributed by atoms with E-state index in [1.165, 1.54) is 11.8 Å². The van der Waals surface area contributed by atoms with Crippen molar-refractivity contribution >= 4 is 28.5 Å². The van der Waals surface area contributed by atoms with E-state index in [1.54, 1.807) is 26.3 Å². The Bertz CT molecular complexity index is 1120. The van der Waals surface area contributed by atoms with Gasteiger partial charge in [-0.1, -0.05) is 36.9 Å². The molecule has 0 fully saturated rings. The van der Waals surface area contributed by atoms with Crippen molar-refractivity contribution in [3.8, 4) is 17.2 Å². The van der Waals surface area contributed by atoms with Crippen LogP contribution >= 0.6 is 11.8 Å². The number of methoxy groups -OCH3 is 3. The summed E-state index contributed by atoms with van der Waals surface area (Å²) in [6.45, 7) is 2.01. The normalized spacial score (nSPS) is 17.3. The van der Waals surface area contributed by atoms with Crippen LogP contribution in [0.2, 0.25) is 0 Å². The standard InChI is InChI=1S/C21H22N4O4S/c1-5-30-21-23-20(26)17-13-8-6-7-9-14(13)22-19(25(17)24-21)12-10-15(27-2)18(29-4)16(11-12)28-3/h6-11,19H,5H2,1-4H3,(H,23,24,26)/t19-/m0/s1. The summed E-state index contributed by atoms with van der Waals surface area (Å²) in [4.78, 5) is 17.9. The third kappa shape index (κ3) is 3.35. The zero-order valence-corrected chi connectivity index (χ0v) is 17.9. The van der Waals surface area contributed by atoms with Gasteiger partial charge in [0.1, 0.15) is 5.70 Å². The number of amides is 1. The predicted octanol–water partition coefficient (Wildman–Crippen LogP) is 1.61. The zero-order chi connectivity index (χ0) is 21.3. The van der Waals surface area contributed by atoms with Crippen molar-refractivity contribution in [1.29, 1.82) is 0 Å². The van der Waals surface area contributed by atoms with Crippen LogP contribution in [0.3, 0.4) is 0 Å². The van der Waals surface area contributed by atoms with Gasteiger partial charge in [-0.3, -0.25) is 15.1 Å². The lowest BCUT2D eigenvalue weighted by Crippen LogP contribution is -2.50. The highest BCUT2D eigenvalue weighted by Crippen LogP contribution is 2.42. The van der Waals surface area contributed by atoms with E-state index < -0.39 is 6.17 Å². The van der Waals surface area contributed by atoms with Gasteiger partial charge in [-0.15, -0.1) is 5.10 Å². The number of hydrogen-bond acceptors (Lipinski definition) is 8. The van der Waals surface area contributed by atoms with Gasteiger partial charge < -0.3 is 14.2 Å². The quantitative estimate of drug-likeness (QED) is 0.782. The molecule has 2 aromatic rings. The van der Waals surface area contributed by atoms with Crippen LogP contribution in [0, 0.1) is 0 Å². The summed E-state index contributed by atoms with van der Waals surface area (Å²) in [6.07, 6.45) is -0.567. The lowest BCUT2D eigenvalue weighted by Gasteiger charge is -2.34. The van der Waals surface area contributed by atoms with E-state index in [0.717, 1.165) is 21.9 Å². The lowest BCUT2D eigenvalue weighted by atomic mass is 10.1. The number of hydrogen-bond donors (Lipinski definition) is 1. The smallest absolute Gasteiger partial charge is 0.276 e. The third-order valence-corrected chi connectivity index (χ3v) is 5.53. The average Bonchev–Trinajstić information content (AvgIpc) is 2.77. The van der Waals surface area contributed by atoms with E-state index in [-0.39, 0.29) is 5.91 Å². The molecule has 2 heterocycles. The van der Waals surface area contributed by atoms with Crippen molar-refractivity contribution < 1.29 is 19.0 Å². The van der Waals surface area contributed by atoms with Crippen molar-refractivity contribution in [2.24, 2.45) is 10.1 Å². The van der Waals surface area contributed by atoms with Crippen molar-refractivity contribution in [2.45, 2.75) is 13.1 Å². The number of para-hydroxylation sites is 1. The SMILES string of the molecule is CCSC1=NN2C(=c3ccccc3=N[C@@H]2c2cc(OC)c(OC)c(OC)c2)C(=O)N1. The summed E-state index contributed by atoms with van der Waals surface area (Å²) < 4.78 is 16.4. The Balaban J connectivity index is 1.95. The fraction of sp³-hybridized carbons (Fsp3) is 0.286. The van der Waals surface area contributed by atoms with Crippen LogP contribution in [-0.4, -0.2) is 43.2 Å². The molecule has 1 atom stereocenters. The van der Waals surface area contributed by atoms with E-state index in [9.17, 15) is 4.79 Å². The molecule has 1 N–H and O–H groups in total. The van der Waals surface area contributed by atoms with Crippen LogP contribution in [-0.2, 0) is 4.79 Å². The number of rotatable bonds is 5. The number of carbonyl (C=O) groups excluding carboxylic acids is 1. The van der Waals surface area contributed by atoms with Crippen LogP contribution in [0.4, 0.5) is 0 Å². The highest BCUT2D eigenvalue weighted by atomic mass is 32.2. The van der Waals surface area contributed by atoms with Crippen LogP contribution in [0.5, 0.6) is 17.2 Å². The Morgan fingerprint density at radius 3 is 2.43 bits per heavy atom. The maximum atomic E-state index is 13.0. The molecule has 156 valence electrons. The first-order valence-corrected chi connectivity index (χ1v) is 10.4. The molecular weight excluding hydrogens is 404 g/mol. The number of nitrogens with one attached hydrogen (secondary N) is 1. The minimum absolute atomic E-state index is 0.208. The Morgan fingerprint density at radius 1 is 1.10 bits per heavy atom. The van der Waals surface area contributed by atoms with Gasteiger partial charge in [-0.05, 0) is 24.0 Å². The van der Waals surface area contributed by atoms with Crippen molar-refractivity contribution in [3.63, 3.8) is 0 Å². The Morgan fingerprint density at radius 2 is 1.80 bits per heavy atom. The minimum Gasteiger partial charge on any atom is -0.493 e. The van der Waals surface area contributed by atoms with Gasteiger partial charge in [0.25, 0.3) is 5.91 Å². The molecule has 2 aromatic carbocycles. The molecular formula is C21H22N4O4S. The second-order valence-corrected chi connectivity index (χ2v) is 7.72. The van der Waals surface area contributed by atoms with Gasteiger partial charge in [0, 0.05) is 10.8 Å². The summed E-state index contributed by atoms with van der Waals surface area (Å²) in [6, 6.07) is 11.2. The van der Waals surface area contributed by atoms with Gasteiger partial charge >= 0.3 is 0 Å². The fourth-order valence-electron chi connectivity index (χ4n) is 3.50. The molecule has 0 saturated heterocycles. The molecule has 0 unspecified atom stereocenters. The lowest BCUT2D eigenvalue weighted by molar-refractivity contribution is -0.116. The predicted molar refractivity (Wildman–Crippen MR) is 115 cm³/mol. The van der Waals surface area contributed by atoms with E-state index >= 15 is 0 Å². The summed E-state index contributed by atoms with van der Waals surface area (Å²) in [5, 5.41) is 11.2. The fourth-order valence-corrected chi connectivity index (χ4v) is 4.08. The summed E-state index contributed by atoms with van der Waals surface area (Å²) >= 11 is 1.46. The number of hydrazone groups is 1. The Kier molecular flexibility index (Phi) is 5.54. The molecule has 2 aliphatic rings. The minimum atomic E-state index is -0.567. The first kappa shape index (κ1) is 20.1. The van der Waals surface area contributed by atoms with Gasteiger partial charge in [0.2, 0.25) is 5.75 Å². The molecule has 0 saturated carbocycles. The first-order valence-electron chi connectivity index (χ1n) is 9.40. The Hall–Kier alpha value is -3.20. The summed E-state index contributed by atoms with van der Waals surface area (Å²) in [5.41, 5.74) is 1.22. The zero-order valence-electron chi connectivity index (χ0n) is 17.1. The van der Waals surface area contributed by atoms with Crippen LogP contribution in [0.1, 0.15) is 18.7 Å². The number of benzene rings is 2. The van der Waals surface area contributed by atoms with E-state index in [4.69, 9.17) is 24.3 Å². The van der Waals surface area contributed by atoms with Gasteiger partial charge in [0.15, 0.2) is 22.8 Å². The van der Waals surface area contributed by atoms with Crippen molar-refractivity contribution in [3.05, 3.63) is 52.5 Å². The number of fused-ring (bicyclic) bond motifs is 2. The Labute approximate surface area is 178 Å². The topological polar surface area (TPSA) is 84.8 Å². The second kappa shape index (κ2) is 8.27. The molecule has 8 nitrogen and oxygen atoms in total. The number of amidine groups is 1. The van der Waals surface area contributed by atoms with Crippen LogP contribution in [0.15, 0.2) is 46.5 Å². The summed E-state index contributed by atoms with van der Waals surface area (Å²) in [7, 11) is 4.68. The average molecular weight is 426 g/mol. The molecule has 1 amide bonds. The van der Waals surface area contributed by atoms with E-state index in [2.05, 4.69) is 5.32 Å². The van der Waals surface area contributed by atoms with Crippen LogP contribution in [0.25, 0.3) is 5.70 Å². The molecule has 9 heteroatoms. The molecule has 0 bridgehead atoms. The third-order valence-electron chi connectivity index (χ3n) is 4.78. The maximum absolute atomic E-state index is 13.0. The van der Waals surface area contributed by atoms with Crippen LogP contribution < -0.4 is 30.1 Å². The molecule has 0 aliphatic carbocycles. The highest BCUT2D eigenvalue weighted by molar-refractivity contribution is 8.13. The number of ether oxygens (including phenoxy) is 3. The maximum Gasteiger partial charge on any atom is 0.276 e. The van der Waals surface area contributed by atoms with Gasteiger partial charge in [-0.25, -0.2) is 5.01 Å². The molecule has 2 aliphatic heterocycles. The van der Waals surface area contributed by atoms with E-state index in [1.807, 2.05) is 43.3 Å². The number of carbonyl (C=O) groups is 1. The molecule has 0 aromatic heterocycles. The monoisotopic (exact) mass is 426 g/mol. The molecule has 4 rings (SSSR count). The van der Waals surface area contributed by atoms with Crippen molar-refractivity contribution in [1.82, 2.24) is 10.3 Å². The van der Waals surface area contributed by atoms with Gasteiger partial charge in [0.05, 0.1) is 26.7 Å².